The van der Waals surface area contributed by atoms with Crippen LogP contribution in [-0.2, 0) is 0 Å². The summed E-state index contributed by atoms with van der Waals surface area (Å²) in [7, 11) is -2.30. The Labute approximate surface area is 187 Å². The summed E-state index contributed by atoms with van der Waals surface area (Å²) in [6, 6.07) is 0. The highest BCUT2D eigenvalue weighted by atomic mass is 28.4. The zero-order valence-electron chi connectivity index (χ0n) is 20.9. The first-order valence-electron chi connectivity index (χ1n) is 12.9. The maximum absolute atomic E-state index is 11.7. The van der Waals surface area contributed by atoms with Crippen LogP contribution in [0.5, 0.6) is 0 Å². The van der Waals surface area contributed by atoms with Gasteiger partial charge in [0, 0.05) is 0 Å². The van der Waals surface area contributed by atoms with Gasteiger partial charge in [-0.1, -0.05) is 39.3 Å². The summed E-state index contributed by atoms with van der Waals surface area (Å²) < 4.78 is 0. The third-order valence-corrected chi connectivity index (χ3v) is 14.9. The van der Waals surface area contributed by atoms with Crippen LogP contribution in [0.4, 0.5) is 0 Å². The lowest BCUT2D eigenvalue weighted by atomic mass is 9.44. The Balaban J connectivity index is 1.53. The van der Waals surface area contributed by atoms with E-state index in [1.165, 1.54) is 44.9 Å². The van der Waals surface area contributed by atoms with Crippen LogP contribution in [0.3, 0.4) is 0 Å². The third kappa shape index (κ3) is 3.41. The number of aliphatic hydroxyl groups is 1. The standard InChI is InChI=1S/C27H48O2Si/c1-8-19-10-12-22-21-11-9-20-17-27(28,18-24(2,3)30(6,7)29)16-15-26(20,5)23(21)13-14-25(19,22)4/h8,20-23,28-29H,9-18H2,1-7H3/t20-,21?,22+,23?,25+,26-,27+/m0/s1. The number of hydrogen-bond acceptors (Lipinski definition) is 2. The maximum atomic E-state index is 11.7. The molecule has 7 atom stereocenters. The summed E-state index contributed by atoms with van der Waals surface area (Å²) in [5, 5.41) is 11.5. The van der Waals surface area contributed by atoms with Crippen molar-refractivity contribution >= 4 is 8.32 Å². The Morgan fingerprint density at radius 1 is 1.03 bits per heavy atom. The Morgan fingerprint density at radius 3 is 2.37 bits per heavy atom. The van der Waals surface area contributed by atoms with Crippen molar-refractivity contribution in [2.24, 2.45) is 34.5 Å². The van der Waals surface area contributed by atoms with Crippen molar-refractivity contribution < 1.29 is 9.90 Å². The molecule has 2 nitrogen and oxygen atoms in total. The first kappa shape index (κ1) is 23.0. The molecule has 0 bridgehead atoms. The summed E-state index contributed by atoms with van der Waals surface area (Å²) in [6.07, 6.45) is 14.5. The van der Waals surface area contributed by atoms with Crippen LogP contribution in [0, 0.1) is 34.5 Å². The maximum Gasteiger partial charge on any atom is 0.188 e. The number of hydrogen-bond donors (Lipinski definition) is 2. The van der Waals surface area contributed by atoms with E-state index in [0.717, 1.165) is 37.0 Å². The van der Waals surface area contributed by atoms with Crippen molar-refractivity contribution in [3.63, 3.8) is 0 Å². The summed E-state index contributed by atoms with van der Waals surface area (Å²) in [5.41, 5.74) is 2.04. The first-order valence-corrected chi connectivity index (χ1v) is 15.8. The minimum atomic E-state index is -2.30. The molecule has 2 N–H and O–H groups in total. The molecule has 0 aromatic rings. The van der Waals surface area contributed by atoms with Gasteiger partial charge in [-0.3, -0.25) is 0 Å². The molecular formula is C27H48O2Si. The Kier molecular flexibility index (Phi) is 5.52. The molecule has 4 saturated carbocycles. The molecule has 3 heteroatoms. The van der Waals surface area contributed by atoms with E-state index >= 15 is 0 Å². The van der Waals surface area contributed by atoms with E-state index in [1.54, 1.807) is 5.57 Å². The average Bonchev–Trinajstić information content (AvgIpc) is 2.97. The second-order valence-electron chi connectivity index (χ2n) is 13.5. The number of rotatable bonds is 3. The van der Waals surface area contributed by atoms with E-state index in [9.17, 15) is 9.90 Å². The van der Waals surface area contributed by atoms with Crippen LogP contribution < -0.4 is 0 Å². The minimum absolute atomic E-state index is 0.147. The molecule has 0 heterocycles. The largest absolute Gasteiger partial charge is 0.432 e. The highest BCUT2D eigenvalue weighted by Crippen LogP contribution is 2.68. The van der Waals surface area contributed by atoms with Crippen molar-refractivity contribution in [1.82, 2.24) is 0 Å². The van der Waals surface area contributed by atoms with Gasteiger partial charge in [-0.25, -0.2) is 0 Å². The van der Waals surface area contributed by atoms with Crippen LogP contribution in [-0.4, -0.2) is 23.8 Å². The number of fused-ring (bicyclic) bond motifs is 5. The summed E-state index contributed by atoms with van der Waals surface area (Å²) >= 11 is 0. The van der Waals surface area contributed by atoms with E-state index in [-0.39, 0.29) is 5.04 Å². The molecular weight excluding hydrogens is 384 g/mol. The van der Waals surface area contributed by atoms with E-state index in [1.807, 2.05) is 13.1 Å². The SMILES string of the molecule is CC=C1CC[C@@H]2C3CC[C@H]4C[C@@](O)(CC(C)(C)[Si](C)(C)O)CC[C@]4(C)C3CC[C@]12C. The predicted molar refractivity (Wildman–Crippen MR) is 129 cm³/mol. The molecule has 0 spiro atoms. The minimum Gasteiger partial charge on any atom is -0.432 e. The molecule has 0 saturated heterocycles. The Bertz CT molecular complexity index is 706. The molecule has 0 radical (unpaired) electrons. The van der Waals surface area contributed by atoms with E-state index in [4.69, 9.17) is 0 Å². The summed E-state index contributed by atoms with van der Waals surface area (Å²) in [4.78, 5) is 10.8. The zero-order valence-corrected chi connectivity index (χ0v) is 21.9. The van der Waals surface area contributed by atoms with E-state index in [0.29, 0.717) is 16.7 Å². The monoisotopic (exact) mass is 432 g/mol. The molecule has 4 fully saturated rings. The second kappa shape index (κ2) is 7.19. The summed E-state index contributed by atoms with van der Waals surface area (Å²) in [6.45, 7) is 15.9. The van der Waals surface area contributed by atoms with Gasteiger partial charge >= 0.3 is 0 Å². The second-order valence-corrected chi connectivity index (χ2v) is 18.0. The normalized spacial score (nSPS) is 48.2. The molecule has 0 aliphatic heterocycles. The van der Waals surface area contributed by atoms with Crippen LogP contribution in [0.15, 0.2) is 11.6 Å². The molecule has 0 amide bonds. The van der Waals surface area contributed by atoms with Gasteiger partial charge in [0.15, 0.2) is 8.32 Å². The van der Waals surface area contributed by atoms with Gasteiger partial charge in [0.1, 0.15) is 0 Å². The van der Waals surface area contributed by atoms with Crippen molar-refractivity contribution in [2.45, 2.75) is 123 Å². The van der Waals surface area contributed by atoms with Crippen molar-refractivity contribution in [3.05, 3.63) is 11.6 Å². The zero-order chi connectivity index (χ0) is 22.2. The van der Waals surface area contributed by atoms with Gasteiger partial charge in [0.25, 0.3) is 0 Å². The van der Waals surface area contributed by atoms with Gasteiger partial charge in [-0.15, -0.1) is 0 Å². The smallest absolute Gasteiger partial charge is 0.188 e. The summed E-state index contributed by atoms with van der Waals surface area (Å²) in [5.74, 6) is 3.30. The number of allylic oxidation sites excluding steroid dienone is 2. The fourth-order valence-electron chi connectivity index (χ4n) is 8.84. The topological polar surface area (TPSA) is 40.5 Å². The lowest BCUT2D eigenvalue weighted by Crippen LogP contribution is -2.56. The Hall–Kier alpha value is -0.123. The quantitative estimate of drug-likeness (QED) is 0.370. The molecule has 172 valence electrons. The molecule has 4 aliphatic carbocycles. The third-order valence-electron chi connectivity index (χ3n) is 11.4. The van der Waals surface area contributed by atoms with Gasteiger partial charge in [-0.2, -0.15) is 0 Å². The van der Waals surface area contributed by atoms with Crippen molar-refractivity contribution in [2.75, 3.05) is 0 Å². The van der Waals surface area contributed by atoms with E-state index < -0.39 is 13.9 Å². The van der Waals surface area contributed by atoms with Crippen LogP contribution in [0.25, 0.3) is 0 Å². The molecule has 30 heavy (non-hydrogen) atoms. The fourth-order valence-corrected chi connectivity index (χ4v) is 9.61. The van der Waals surface area contributed by atoms with Gasteiger partial charge in [0.05, 0.1) is 5.60 Å². The molecule has 0 aromatic carbocycles. The molecule has 4 rings (SSSR count). The van der Waals surface area contributed by atoms with E-state index in [2.05, 4.69) is 40.7 Å². The Morgan fingerprint density at radius 2 is 1.73 bits per heavy atom. The average molecular weight is 433 g/mol. The molecule has 0 aromatic heterocycles. The first-order chi connectivity index (χ1) is 13.8. The lowest BCUT2D eigenvalue weighted by Gasteiger charge is -2.62. The van der Waals surface area contributed by atoms with Crippen LogP contribution >= 0.6 is 0 Å². The van der Waals surface area contributed by atoms with Crippen molar-refractivity contribution in [3.8, 4) is 0 Å². The van der Waals surface area contributed by atoms with Crippen molar-refractivity contribution in [1.29, 1.82) is 0 Å². The van der Waals surface area contributed by atoms with Gasteiger partial charge < -0.3 is 9.90 Å². The van der Waals surface area contributed by atoms with Gasteiger partial charge in [-0.05, 0) is 124 Å². The van der Waals surface area contributed by atoms with Gasteiger partial charge in [0.2, 0.25) is 0 Å². The lowest BCUT2D eigenvalue weighted by molar-refractivity contribution is -0.148. The molecule has 4 aliphatic rings. The van der Waals surface area contributed by atoms with Crippen LogP contribution in [0.1, 0.15) is 98.8 Å². The fraction of sp³-hybridized carbons (Fsp3) is 0.926. The highest BCUT2D eigenvalue weighted by Gasteiger charge is 2.60. The molecule has 2 unspecified atom stereocenters. The van der Waals surface area contributed by atoms with Crippen LogP contribution in [0.2, 0.25) is 18.1 Å². The predicted octanol–water partition coefficient (Wildman–Crippen LogP) is 7.07. The highest BCUT2D eigenvalue weighted by molar-refractivity contribution is 6.72.